The largest absolute Gasteiger partial charge is 0.468 e. The molecule has 28 heavy (non-hydrogen) atoms. The molecular formula is C20H26N2O5S. The van der Waals surface area contributed by atoms with Crippen molar-refractivity contribution in [2.24, 2.45) is 0 Å². The fourth-order valence-corrected chi connectivity index (χ4v) is 4.58. The summed E-state index contributed by atoms with van der Waals surface area (Å²) in [6.07, 6.45) is 2.05. The molecule has 1 aromatic heterocycles. The first-order valence-corrected chi connectivity index (χ1v) is 10.6. The van der Waals surface area contributed by atoms with Crippen LogP contribution >= 0.6 is 0 Å². The molecule has 0 aliphatic rings. The van der Waals surface area contributed by atoms with Crippen molar-refractivity contribution in [3.63, 3.8) is 0 Å². The van der Waals surface area contributed by atoms with Gasteiger partial charge in [0.2, 0.25) is 0 Å². The van der Waals surface area contributed by atoms with E-state index in [4.69, 9.17) is 4.42 Å². The molecule has 8 heteroatoms. The highest BCUT2D eigenvalue weighted by Crippen LogP contribution is 2.31. The maximum absolute atomic E-state index is 13.3. The molecule has 7 nitrogen and oxygen atoms in total. The van der Waals surface area contributed by atoms with Gasteiger partial charge in [0.25, 0.3) is 0 Å². The number of sulfone groups is 1. The lowest BCUT2D eigenvalue weighted by Crippen LogP contribution is -2.45. The predicted molar refractivity (Wildman–Crippen MR) is 105 cm³/mol. The summed E-state index contributed by atoms with van der Waals surface area (Å²) >= 11 is 0. The highest BCUT2D eigenvalue weighted by Gasteiger charge is 2.33. The maximum atomic E-state index is 13.3. The molecule has 0 bridgehead atoms. The van der Waals surface area contributed by atoms with Crippen LogP contribution in [0.5, 0.6) is 0 Å². The summed E-state index contributed by atoms with van der Waals surface area (Å²) in [5.41, 5.74) is 1.40. The van der Waals surface area contributed by atoms with Crippen molar-refractivity contribution in [2.45, 2.75) is 50.3 Å². The van der Waals surface area contributed by atoms with Crippen LogP contribution < -0.4 is 10.6 Å². The van der Waals surface area contributed by atoms with Crippen molar-refractivity contribution in [2.75, 3.05) is 6.54 Å². The standard InChI is InChI=1S/C20H26N2O5S/c1-5-15(4)22-20(24)19(23)21-12-18(16-7-6-10-27-16)28(25,26)17-11-13(2)8-9-14(17)3/h6-11,15,18H,5,12H2,1-4H3,(H,21,23)(H,22,24)/t15-,18+/m1/s1. The third-order valence-electron chi connectivity index (χ3n) is 4.53. The average Bonchev–Trinajstić information content (AvgIpc) is 3.17. The van der Waals surface area contributed by atoms with Gasteiger partial charge < -0.3 is 15.1 Å². The summed E-state index contributed by atoms with van der Waals surface area (Å²) in [5, 5.41) is 3.82. The molecule has 0 aliphatic carbocycles. The Labute approximate surface area is 165 Å². The van der Waals surface area contributed by atoms with E-state index in [9.17, 15) is 18.0 Å². The monoisotopic (exact) mass is 406 g/mol. The lowest BCUT2D eigenvalue weighted by molar-refractivity contribution is -0.139. The second-order valence-electron chi connectivity index (χ2n) is 6.81. The minimum atomic E-state index is -3.87. The number of amides is 2. The van der Waals surface area contributed by atoms with Crippen molar-refractivity contribution in [1.29, 1.82) is 0 Å². The number of hydrogen-bond donors (Lipinski definition) is 2. The highest BCUT2D eigenvalue weighted by atomic mass is 32.2. The van der Waals surface area contributed by atoms with Gasteiger partial charge in [0.05, 0.1) is 11.2 Å². The first-order chi connectivity index (χ1) is 13.2. The van der Waals surface area contributed by atoms with E-state index in [1.165, 1.54) is 6.26 Å². The highest BCUT2D eigenvalue weighted by molar-refractivity contribution is 7.91. The van der Waals surface area contributed by atoms with Gasteiger partial charge in [0.15, 0.2) is 9.84 Å². The van der Waals surface area contributed by atoms with Crippen LogP contribution in [-0.4, -0.2) is 32.8 Å². The van der Waals surface area contributed by atoms with Crippen LogP contribution in [0.4, 0.5) is 0 Å². The minimum absolute atomic E-state index is 0.155. The molecule has 1 heterocycles. The molecule has 2 N–H and O–H groups in total. The molecule has 0 spiro atoms. The van der Waals surface area contributed by atoms with E-state index in [1.54, 1.807) is 45.0 Å². The van der Waals surface area contributed by atoms with Gasteiger partial charge in [0.1, 0.15) is 11.0 Å². The van der Waals surface area contributed by atoms with Crippen LogP contribution in [-0.2, 0) is 19.4 Å². The summed E-state index contributed by atoms with van der Waals surface area (Å²) in [7, 11) is -3.87. The van der Waals surface area contributed by atoms with E-state index in [1.807, 2.05) is 13.0 Å². The van der Waals surface area contributed by atoms with Crippen LogP contribution in [0, 0.1) is 13.8 Å². The van der Waals surface area contributed by atoms with Crippen molar-refractivity contribution in [3.8, 4) is 0 Å². The summed E-state index contributed by atoms with van der Waals surface area (Å²) in [5.74, 6) is -1.48. The Balaban J connectivity index is 2.28. The van der Waals surface area contributed by atoms with Gasteiger partial charge in [-0.3, -0.25) is 9.59 Å². The number of furan rings is 1. The number of rotatable bonds is 7. The number of nitrogens with one attached hydrogen (secondary N) is 2. The molecule has 0 saturated heterocycles. The maximum Gasteiger partial charge on any atom is 0.309 e. The Kier molecular flexibility index (Phi) is 7.01. The number of aryl methyl sites for hydroxylation is 2. The SMILES string of the molecule is CC[C@@H](C)NC(=O)C(=O)NC[C@@H](c1ccco1)S(=O)(=O)c1cc(C)ccc1C. The third-order valence-corrected chi connectivity index (χ3v) is 6.73. The second kappa shape index (κ2) is 9.05. The molecule has 0 aliphatic heterocycles. The van der Waals surface area contributed by atoms with Gasteiger partial charge in [-0.05, 0) is 56.5 Å². The topological polar surface area (TPSA) is 105 Å². The van der Waals surface area contributed by atoms with E-state index in [0.29, 0.717) is 12.0 Å². The first-order valence-electron chi connectivity index (χ1n) is 9.10. The van der Waals surface area contributed by atoms with Gasteiger partial charge in [0, 0.05) is 12.6 Å². The summed E-state index contributed by atoms with van der Waals surface area (Å²) in [4.78, 5) is 24.2. The third kappa shape index (κ3) is 5.01. The van der Waals surface area contributed by atoms with Crippen molar-refractivity contribution in [1.82, 2.24) is 10.6 Å². The Morgan fingerprint density at radius 2 is 1.86 bits per heavy atom. The number of hydrogen-bond acceptors (Lipinski definition) is 5. The van der Waals surface area contributed by atoms with Crippen molar-refractivity contribution in [3.05, 3.63) is 53.5 Å². The number of carbonyl (C=O) groups is 2. The van der Waals surface area contributed by atoms with Crippen LogP contribution in [0.25, 0.3) is 0 Å². The molecule has 2 rings (SSSR count). The minimum Gasteiger partial charge on any atom is -0.468 e. The van der Waals surface area contributed by atoms with E-state index >= 15 is 0 Å². The van der Waals surface area contributed by atoms with E-state index < -0.39 is 26.9 Å². The zero-order valence-electron chi connectivity index (χ0n) is 16.5. The number of carbonyl (C=O) groups excluding carboxylic acids is 2. The van der Waals surface area contributed by atoms with E-state index in [2.05, 4.69) is 10.6 Å². The Hall–Kier alpha value is -2.61. The fraction of sp³-hybridized carbons (Fsp3) is 0.400. The van der Waals surface area contributed by atoms with E-state index in [-0.39, 0.29) is 23.2 Å². The van der Waals surface area contributed by atoms with Crippen LogP contribution in [0.1, 0.15) is 42.4 Å². The molecule has 2 aromatic rings. The molecular weight excluding hydrogens is 380 g/mol. The number of benzene rings is 1. The quantitative estimate of drug-likeness (QED) is 0.687. The van der Waals surface area contributed by atoms with E-state index in [0.717, 1.165) is 5.56 Å². The predicted octanol–water partition coefficient (Wildman–Crippen LogP) is 2.44. The normalized spacial score (nSPS) is 13.6. The average molecular weight is 407 g/mol. The zero-order valence-corrected chi connectivity index (χ0v) is 17.3. The van der Waals surface area contributed by atoms with Crippen LogP contribution in [0.3, 0.4) is 0 Å². The van der Waals surface area contributed by atoms with Crippen molar-refractivity contribution >= 4 is 21.7 Å². The molecule has 0 saturated carbocycles. The first kappa shape index (κ1) is 21.7. The molecule has 2 atom stereocenters. The summed E-state index contributed by atoms with van der Waals surface area (Å²) in [6.45, 7) is 6.90. The lowest BCUT2D eigenvalue weighted by atomic mass is 10.2. The van der Waals surface area contributed by atoms with Crippen LogP contribution in [0.2, 0.25) is 0 Å². The van der Waals surface area contributed by atoms with Gasteiger partial charge in [-0.25, -0.2) is 8.42 Å². The molecule has 2 amide bonds. The molecule has 0 fully saturated rings. The Bertz CT molecular complexity index is 936. The molecule has 0 radical (unpaired) electrons. The summed E-state index contributed by atoms with van der Waals surface area (Å²) < 4.78 is 31.9. The lowest BCUT2D eigenvalue weighted by Gasteiger charge is -2.18. The Morgan fingerprint density at radius 3 is 2.46 bits per heavy atom. The van der Waals surface area contributed by atoms with Gasteiger partial charge in [-0.2, -0.15) is 0 Å². The Morgan fingerprint density at radius 1 is 1.14 bits per heavy atom. The smallest absolute Gasteiger partial charge is 0.309 e. The van der Waals surface area contributed by atoms with Gasteiger partial charge in [-0.15, -0.1) is 0 Å². The zero-order chi connectivity index (χ0) is 20.9. The van der Waals surface area contributed by atoms with Gasteiger partial charge >= 0.3 is 11.8 Å². The van der Waals surface area contributed by atoms with Crippen molar-refractivity contribution < 1.29 is 22.4 Å². The molecule has 1 aromatic carbocycles. The van der Waals surface area contributed by atoms with Gasteiger partial charge in [-0.1, -0.05) is 19.1 Å². The fourth-order valence-electron chi connectivity index (χ4n) is 2.66. The second-order valence-corrected chi connectivity index (χ2v) is 8.91. The molecule has 0 unspecified atom stereocenters. The van der Waals surface area contributed by atoms with Crippen LogP contribution in [0.15, 0.2) is 45.9 Å². The summed E-state index contributed by atoms with van der Waals surface area (Å²) in [6, 6.07) is 8.13. The molecule has 152 valence electrons.